The van der Waals surface area contributed by atoms with Crippen molar-refractivity contribution >= 4 is 21.6 Å². The van der Waals surface area contributed by atoms with Crippen molar-refractivity contribution in [3.8, 4) is 11.5 Å². The van der Waals surface area contributed by atoms with Crippen molar-refractivity contribution in [2.45, 2.75) is 31.3 Å². The van der Waals surface area contributed by atoms with Gasteiger partial charge in [0, 0.05) is 18.8 Å². The highest BCUT2D eigenvalue weighted by Gasteiger charge is 2.30. The fourth-order valence-electron chi connectivity index (χ4n) is 3.57. The van der Waals surface area contributed by atoms with E-state index >= 15 is 0 Å². The van der Waals surface area contributed by atoms with Gasteiger partial charge in [0.15, 0.2) is 5.76 Å². The van der Waals surface area contributed by atoms with Gasteiger partial charge in [0.1, 0.15) is 28.8 Å². The number of nitrogens with zero attached hydrogens (tertiary/aromatic N) is 1. The number of carbonyl (C=O) groups excluding carboxylic acids is 1. The molecule has 0 spiro atoms. The molecule has 1 N–H and O–H groups in total. The molecule has 1 fully saturated rings. The van der Waals surface area contributed by atoms with E-state index in [9.17, 15) is 13.2 Å². The molecule has 0 atom stereocenters. The van der Waals surface area contributed by atoms with Crippen molar-refractivity contribution in [1.82, 2.24) is 4.31 Å². The van der Waals surface area contributed by atoms with Crippen LogP contribution in [0.3, 0.4) is 0 Å². The summed E-state index contributed by atoms with van der Waals surface area (Å²) in [5.74, 6) is 1.06. The molecule has 4 rings (SSSR count). The summed E-state index contributed by atoms with van der Waals surface area (Å²) in [5.41, 5.74) is 0.333. The van der Waals surface area contributed by atoms with Crippen LogP contribution in [0.25, 0.3) is 0 Å². The van der Waals surface area contributed by atoms with Gasteiger partial charge in [-0.2, -0.15) is 4.31 Å². The molecule has 0 aliphatic carbocycles. The third-order valence-electron chi connectivity index (χ3n) is 5.19. The number of ether oxygens (including phenoxy) is 2. The molecule has 9 heteroatoms. The van der Waals surface area contributed by atoms with E-state index in [1.165, 1.54) is 10.4 Å². The van der Waals surface area contributed by atoms with E-state index in [1.54, 1.807) is 31.2 Å². The smallest absolute Gasteiger partial charge is 0.291 e. The van der Waals surface area contributed by atoms with Gasteiger partial charge in [0.25, 0.3) is 5.91 Å². The predicted octanol–water partition coefficient (Wildman–Crippen LogP) is 4.29. The van der Waals surface area contributed by atoms with Crippen LogP contribution in [0.2, 0.25) is 0 Å². The molecule has 1 saturated heterocycles. The first-order chi connectivity index (χ1) is 16.0. The molecule has 0 saturated carbocycles. The van der Waals surface area contributed by atoms with Crippen LogP contribution in [0, 0.1) is 0 Å². The third kappa shape index (κ3) is 5.37. The Hall–Kier alpha value is -3.30. The minimum atomic E-state index is -3.73. The highest BCUT2D eigenvalue weighted by atomic mass is 32.2. The van der Waals surface area contributed by atoms with Crippen LogP contribution >= 0.6 is 0 Å². The van der Waals surface area contributed by atoms with E-state index in [2.05, 4.69) is 5.32 Å². The Morgan fingerprint density at radius 1 is 1.03 bits per heavy atom. The van der Waals surface area contributed by atoms with E-state index in [0.717, 1.165) is 12.8 Å². The number of carbonyl (C=O) groups is 1. The fourth-order valence-corrected chi connectivity index (χ4v) is 5.25. The maximum absolute atomic E-state index is 13.1. The number of rotatable bonds is 9. The van der Waals surface area contributed by atoms with Gasteiger partial charge in [-0.1, -0.05) is 18.2 Å². The molecular formula is C24H26N2O6S. The van der Waals surface area contributed by atoms with Crippen LogP contribution in [0.4, 0.5) is 5.69 Å². The summed E-state index contributed by atoms with van der Waals surface area (Å²) in [4.78, 5) is 12.7. The lowest BCUT2D eigenvalue weighted by atomic mass is 10.3. The maximum atomic E-state index is 13.1. The summed E-state index contributed by atoms with van der Waals surface area (Å²) in [6.07, 6.45) is 1.66. The first kappa shape index (κ1) is 22.9. The highest BCUT2D eigenvalue weighted by Crippen LogP contribution is 2.32. The Kier molecular flexibility index (Phi) is 7.00. The fraction of sp³-hybridized carbons (Fsp3) is 0.292. The average Bonchev–Trinajstić information content (AvgIpc) is 3.52. The van der Waals surface area contributed by atoms with Gasteiger partial charge in [-0.25, -0.2) is 8.42 Å². The van der Waals surface area contributed by atoms with E-state index in [-0.39, 0.29) is 23.0 Å². The van der Waals surface area contributed by atoms with Crippen LogP contribution in [0.1, 0.15) is 36.1 Å². The van der Waals surface area contributed by atoms with Crippen LogP contribution in [-0.2, 0) is 16.6 Å². The van der Waals surface area contributed by atoms with E-state index in [1.807, 2.05) is 30.3 Å². The lowest BCUT2D eigenvalue weighted by Gasteiger charge is -2.19. The van der Waals surface area contributed by atoms with Crippen molar-refractivity contribution in [3.63, 3.8) is 0 Å². The molecule has 33 heavy (non-hydrogen) atoms. The molecule has 1 aliphatic heterocycles. The van der Waals surface area contributed by atoms with Crippen molar-refractivity contribution in [1.29, 1.82) is 0 Å². The Balaban J connectivity index is 1.48. The number of anilines is 1. The van der Waals surface area contributed by atoms with Crippen molar-refractivity contribution in [2.24, 2.45) is 0 Å². The molecule has 174 valence electrons. The molecule has 1 amide bonds. The number of para-hydroxylation sites is 1. The molecule has 0 unspecified atom stereocenters. The zero-order valence-corrected chi connectivity index (χ0v) is 19.1. The van der Waals surface area contributed by atoms with Gasteiger partial charge in [-0.15, -0.1) is 0 Å². The van der Waals surface area contributed by atoms with Gasteiger partial charge in [-0.05, 0) is 62.2 Å². The second-order valence-electron chi connectivity index (χ2n) is 7.53. The van der Waals surface area contributed by atoms with Crippen molar-refractivity contribution in [2.75, 3.05) is 25.0 Å². The van der Waals surface area contributed by atoms with Crippen LogP contribution in [0.5, 0.6) is 11.5 Å². The Labute approximate surface area is 193 Å². The lowest BCUT2D eigenvalue weighted by molar-refractivity contribution is 0.0992. The van der Waals surface area contributed by atoms with E-state index < -0.39 is 15.9 Å². The molecule has 2 aromatic carbocycles. The molecule has 3 aromatic rings. The van der Waals surface area contributed by atoms with E-state index in [4.69, 9.17) is 13.9 Å². The van der Waals surface area contributed by atoms with Gasteiger partial charge < -0.3 is 19.2 Å². The first-order valence-corrected chi connectivity index (χ1v) is 12.3. The SMILES string of the molecule is CCOc1ccc(NC(=O)c2ccc(COc3ccccc3)o2)cc1S(=O)(=O)N1CCCC1. The second kappa shape index (κ2) is 10.1. The quantitative estimate of drug-likeness (QED) is 0.501. The number of furan rings is 1. The zero-order valence-electron chi connectivity index (χ0n) is 18.3. The number of amides is 1. The molecule has 1 aliphatic rings. The second-order valence-corrected chi connectivity index (χ2v) is 9.43. The van der Waals surface area contributed by atoms with Crippen molar-refractivity contribution < 1.29 is 27.1 Å². The standard InChI is InChI=1S/C24H26N2O6S/c1-2-30-21-12-10-18(16-23(21)33(28,29)26-14-6-7-15-26)25-24(27)22-13-11-20(32-22)17-31-19-8-4-3-5-9-19/h3-5,8-13,16H,2,6-7,14-15,17H2,1H3,(H,25,27). The van der Waals surface area contributed by atoms with Gasteiger partial charge in [0.05, 0.1) is 6.61 Å². The molecule has 8 nitrogen and oxygen atoms in total. The third-order valence-corrected chi connectivity index (χ3v) is 7.11. The maximum Gasteiger partial charge on any atom is 0.291 e. The molecule has 0 radical (unpaired) electrons. The minimum Gasteiger partial charge on any atom is -0.492 e. The molecule has 2 heterocycles. The summed E-state index contributed by atoms with van der Waals surface area (Å²) < 4.78 is 44.5. The monoisotopic (exact) mass is 470 g/mol. The molecule has 0 bridgehead atoms. The summed E-state index contributed by atoms with van der Waals surface area (Å²) >= 11 is 0. The highest BCUT2D eigenvalue weighted by molar-refractivity contribution is 7.89. The summed E-state index contributed by atoms with van der Waals surface area (Å²) in [6.45, 7) is 3.25. The van der Waals surface area contributed by atoms with Gasteiger partial charge in [-0.3, -0.25) is 4.79 Å². The van der Waals surface area contributed by atoms with Gasteiger partial charge in [0.2, 0.25) is 10.0 Å². The number of sulfonamides is 1. The number of hydrogen-bond acceptors (Lipinski definition) is 6. The van der Waals surface area contributed by atoms with Crippen LogP contribution < -0.4 is 14.8 Å². The summed E-state index contributed by atoms with van der Waals surface area (Å²) in [5, 5.41) is 2.71. The minimum absolute atomic E-state index is 0.0421. The Morgan fingerprint density at radius 3 is 2.52 bits per heavy atom. The largest absolute Gasteiger partial charge is 0.492 e. The zero-order chi connectivity index (χ0) is 23.3. The van der Waals surface area contributed by atoms with Crippen LogP contribution in [-0.4, -0.2) is 38.3 Å². The average molecular weight is 471 g/mol. The first-order valence-electron chi connectivity index (χ1n) is 10.8. The number of benzene rings is 2. The van der Waals surface area contributed by atoms with Crippen LogP contribution in [0.15, 0.2) is 70.0 Å². The van der Waals surface area contributed by atoms with Gasteiger partial charge >= 0.3 is 0 Å². The topological polar surface area (TPSA) is 98.1 Å². The molecule has 1 aromatic heterocycles. The summed E-state index contributed by atoms with van der Waals surface area (Å²) in [7, 11) is -3.73. The predicted molar refractivity (Wildman–Crippen MR) is 123 cm³/mol. The summed E-state index contributed by atoms with van der Waals surface area (Å²) in [6, 6.07) is 17.1. The number of nitrogens with one attached hydrogen (secondary N) is 1. The Bertz CT molecular complexity index is 1200. The normalized spacial score (nSPS) is 14.2. The lowest BCUT2D eigenvalue weighted by Crippen LogP contribution is -2.28. The van der Waals surface area contributed by atoms with E-state index in [0.29, 0.717) is 36.9 Å². The molecular weight excluding hydrogens is 444 g/mol. The number of hydrogen-bond donors (Lipinski definition) is 1. The van der Waals surface area contributed by atoms with Crippen molar-refractivity contribution in [3.05, 3.63) is 72.2 Å². The Morgan fingerprint density at radius 2 is 1.79 bits per heavy atom.